The first kappa shape index (κ1) is 11.7. The SMILES string of the molecule is Nc1cc2ccccc2c(CCc2ccccc2)n1. The van der Waals surface area contributed by atoms with Crippen molar-refractivity contribution in [1.29, 1.82) is 0 Å². The first-order valence-electron chi connectivity index (χ1n) is 6.51. The van der Waals surface area contributed by atoms with Crippen LogP contribution in [0, 0.1) is 0 Å². The maximum absolute atomic E-state index is 5.88. The van der Waals surface area contributed by atoms with E-state index in [1.165, 1.54) is 10.9 Å². The monoisotopic (exact) mass is 248 g/mol. The molecule has 94 valence electrons. The molecular weight excluding hydrogens is 232 g/mol. The summed E-state index contributed by atoms with van der Waals surface area (Å²) in [5.74, 6) is 0.599. The van der Waals surface area contributed by atoms with Crippen LogP contribution >= 0.6 is 0 Å². The molecular formula is C17H16N2. The minimum Gasteiger partial charge on any atom is -0.384 e. The van der Waals surface area contributed by atoms with Crippen LogP contribution in [0.15, 0.2) is 60.7 Å². The summed E-state index contributed by atoms with van der Waals surface area (Å²) in [5.41, 5.74) is 8.29. The molecule has 1 heterocycles. The van der Waals surface area contributed by atoms with Crippen molar-refractivity contribution in [2.24, 2.45) is 0 Å². The van der Waals surface area contributed by atoms with E-state index in [1.807, 2.05) is 24.3 Å². The molecule has 2 aromatic carbocycles. The summed E-state index contributed by atoms with van der Waals surface area (Å²) in [7, 11) is 0. The fourth-order valence-electron chi connectivity index (χ4n) is 2.39. The fourth-order valence-corrected chi connectivity index (χ4v) is 2.39. The zero-order valence-corrected chi connectivity index (χ0v) is 10.7. The molecule has 2 nitrogen and oxygen atoms in total. The van der Waals surface area contributed by atoms with Gasteiger partial charge >= 0.3 is 0 Å². The van der Waals surface area contributed by atoms with E-state index in [1.54, 1.807) is 0 Å². The number of aromatic nitrogens is 1. The summed E-state index contributed by atoms with van der Waals surface area (Å²) >= 11 is 0. The molecule has 2 heteroatoms. The summed E-state index contributed by atoms with van der Waals surface area (Å²) < 4.78 is 0. The molecule has 0 saturated heterocycles. The quantitative estimate of drug-likeness (QED) is 0.769. The molecule has 2 N–H and O–H groups in total. The highest BCUT2D eigenvalue weighted by atomic mass is 14.8. The normalized spacial score (nSPS) is 10.7. The van der Waals surface area contributed by atoms with Crippen LogP contribution < -0.4 is 5.73 Å². The van der Waals surface area contributed by atoms with Crippen molar-refractivity contribution in [2.45, 2.75) is 12.8 Å². The molecule has 0 fully saturated rings. The van der Waals surface area contributed by atoms with Gasteiger partial charge in [0.15, 0.2) is 0 Å². The Morgan fingerprint density at radius 3 is 2.42 bits per heavy atom. The second-order valence-corrected chi connectivity index (χ2v) is 4.70. The van der Waals surface area contributed by atoms with Crippen molar-refractivity contribution < 1.29 is 0 Å². The third-order valence-corrected chi connectivity index (χ3v) is 3.33. The molecule has 0 unspecified atom stereocenters. The van der Waals surface area contributed by atoms with Gasteiger partial charge in [-0.2, -0.15) is 0 Å². The topological polar surface area (TPSA) is 38.9 Å². The Balaban J connectivity index is 1.92. The molecule has 19 heavy (non-hydrogen) atoms. The highest BCUT2D eigenvalue weighted by molar-refractivity contribution is 5.86. The number of nitrogen functional groups attached to an aromatic ring is 1. The number of pyridine rings is 1. The van der Waals surface area contributed by atoms with E-state index in [0.29, 0.717) is 5.82 Å². The van der Waals surface area contributed by atoms with Crippen LogP contribution in [-0.2, 0) is 12.8 Å². The Kier molecular flexibility index (Phi) is 3.15. The van der Waals surface area contributed by atoms with Crippen molar-refractivity contribution in [3.63, 3.8) is 0 Å². The van der Waals surface area contributed by atoms with Crippen molar-refractivity contribution in [3.05, 3.63) is 71.9 Å². The Morgan fingerprint density at radius 1 is 0.842 bits per heavy atom. The molecule has 0 aliphatic rings. The maximum atomic E-state index is 5.88. The van der Waals surface area contributed by atoms with Gasteiger partial charge in [0.1, 0.15) is 5.82 Å². The number of benzene rings is 2. The molecule has 0 atom stereocenters. The van der Waals surface area contributed by atoms with Gasteiger partial charge in [0.05, 0.1) is 5.69 Å². The van der Waals surface area contributed by atoms with E-state index in [9.17, 15) is 0 Å². The summed E-state index contributed by atoms with van der Waals surface area (Å²) in [6.45, 7) is 0. The van der Waals surface area contributed by atoms with E-state index >= 15 is 0 Å². The molecule has 0 bridgehead atoms. The van der Waals surface area contributed by atoms with Gasteiger partial charge in [0.2, 0.25) is 0 Å². The molecule has 1 aromatic heterocycles. The number of aryl methyl sites for hydroxylation is 2. The molecule has 0 aliphatic carbocycles. The predicted octanol–water partition coefficient (Wildman–Crippen LogP) is 3.60. The number of fused-ring (bicyclic) bond motifs is 1. The summed E-state index contributed by atoms with van der Waals surface area (Å²) in [4.78, 5) is 4.49. The van der Waals surface area contributed by atoms with E-state index in [2.05, 4.69) is 41.4 Å². The maximum Gasteiger partial charge on any atom is 0.124 e. The van der Waals surface area contributed by atoms with Crippen molar-refractivity contribution >= 4 is 16.6 Å². The van der Waals surface area contributed by atoms with E-state index in [4.69, 9.17) is 5.73 Å². The summed E-state index contributed by atoms with van der Waals surface area (Å²) in [6.07, 6.45) is 1.90. The van der Waals surface area contributed by atoms with Crippen LogP contribution in [0.25, 0.3) is 10.8 Å². The minimum absolute atomic E-state index is 0.599. The smallest absolute Gasteiger partial charge is 0.124 e. The van der Waals surface area contributed by atoms with Crippen LogP contribution in [0.5, 0.6) is 0 Å². The lowest BCUT2D eigenvalue weighted by Gasteiger charge is -2.07. The van der Waals surface area contributed by atoms with Crippen molar-refractivity contribution in [2.75, 3.05) is 5.73 Å². The zero-order valence-electron chi connectivity index (χ0n) is 10.7. The van der Waals surface area contributed by atoms with E-state index in [0.717, 1.165) is 23.9 Å². The first-order chi connectivity index (χ1) is 9.33. The lowest BCUT2D eigenvalue weighted by Crippen LogP contribution is -1.99. The van der Waals surface area contributed by atoms with Gasteiger partial charge in [-0.3, -0.25) is 0 Å². The van der Waals surface area contributed by atoms with Crippen LogP contribution in [0.4, 0.5) is 5.82 Å². The second kappa shape index (κ2) is 5.11. The van der Waals surface area contributed by atoms with Gasteiger partial charge in [0, 0.05) is 5.39 Å². The summed E-state index contributed by atoms with van der Waals surface area (Å²) in [5, 5.41) is 2.37. The number of anilines is 1. The Hall–Kier alpha value is -2.35. The first-order valence-corrected chi connectivity index (χ1v) is 6.51. The minimum atomic E-state index is 0.599. The number of nitrogens with two attached hydrogens (primary N) is 1. The molecule has 0 amide bonds. The van der Waals surface area contributed by atoms with Crippen LogP contribution in [0.1, 0.15) is 11.3 Å². The Bertz CT molecular complexity index is 690. The number of hydrogen-bond acceptors (Lipinski definition) is 2. The van der Waals surface area contributed by atoms with E-state index in [-0.39, 0.29) is 0 Å². The van der Waals surface area contributed by atoms with Crippen LogP contribution in [-0.4, -0.2) is 4.98 Å². The highest BCUT2D eigenvalue weighted by Gasteiger charge is 2.04. The largest absolute Gasteiger partial charge is 0.384 e. The fraction of sp³-hybridized carbons (Fsp3) is 0.118. The predicted molar refractivity (Wildman–Crippen MR) is 80.0 cm³/mol. The average Bonchev–Trinajstić information content (AvgIpc) is 2.45. The molecule has 0 saturated carbocycles. The standard InChI is InChI=1S/C17H16N2/c18-17-12-14-8-4-5-9-15(14)16(19-17)11-10-13-6-2-1-3-7-13/h1-9,12H,10-11H2,(H2,18,19). The number of rotatable bonds is 3. The van der Waals surface area contributed by atoms with Gasteiger partial charge in [-0.15, -0.1) is 0 Å². The van der Waals surface area contributed by atoms with E-state index < -0.39 is 0 Å². The number of nitrogens with zero attached hydrogens (tertiary/aromatic N) is 1. The molecule has 0 spiro atoms. The Labute approximate surface area is 112 Å². The zero-order chi connectivity index (χ0) is 13.1. The van der Waals surface area contributed by atoms with Gasteiger partial charge < -0.3 is 5.73 Å². The van der Waals surface area contributed by atoms with Crippen LogP contribution in [0.2, 0.25) is 0 Å². The highest BCUT2D eigenvalue weighted by Crippen LogP contribution is 2.20. The summed E-state index contributed by atoms with van der Waals surface area (Å²) in [6, 6.07) is 20.7. The molecule has 0 aliphatic heterocycles. The molecule has 3 aromatic rings. The Morgan fingerprint density at radius 2 is 1.58 bits per heavy atom. The number of hydrogen-bond donors (Lipinski definition) is 1. The van der Waals surface area contributed by atoms with Gasteiger partial charge in [-0.1, -0.05) is 54.6 Å². The third-order valence-electron chi connectivity index (χ3n) is 3.33. The van der Waals surface area contributed by atoms with Gasteiger partial charge in [0.25, 0.3) is 0 Å². The average molecular weight is 248 g/mol. The van der Waals surface area contributed by atoms with Gasteiger partial charge in [-0.05, 0) is 29.9 Å². The van der Waals surface area contributed by atoms with Gasteiger partial charge in [-0.25, -0.2) is 4.98 Å². The lowest BCUT2D eigenvalue weighted by atomic mass is 10.0. The third kappa shape index (κ3) is 2.58. The van der Waals surface area contributed by atoms with Crippen molar-refractivity contribution in [3.8, 4) is 0 Å². The second-order valence-electron chi connectivity index (χ2n) is 4.70. The molecule has 3 rings (SSSR count). The van der Waals surface area contributed by atoms with Crippen LogP contribution in [0.3, 0.4) is 0 Å². The lowest BCUT2D eigenvalue weighted by molar-refractivity contribution is 0.928. The molecule has 0 radical (unpaired) electrons. The van der Waals surface area contributed by atoms with Crippen molar-refractivity contribution in [1.82, 2.24) is 4.98 Å².